The van der Waals surface area contributed by atoms with Crippen molar-refractivity contribution >= 4 is 12.0 Å². The van der Waals surface area contributed by atoms with Crippen LogP contribution in [-0.2, 0) is 24.3 Å². The van der Waals surface area contributed by atoms with E-state index in [1.807, 2.05) is 28.9 Å². The number of carbonyl (C=O) groups is 2. The van der Waals surface area contributed by atoms with Crippen molar-refractivity contribution in [3.8, 4) is 0 Å². The third-order valence-corrected chi connectivity index (χ3v) is 4.96. The Morgan fingerprint density at radius 3 is 2.73 bits per heavy atom. The number of amides is 2. The molecule has 1 aromatic carbocycles. The summed E-state index contributed by atoms with van der Waals surface area (Å²) in [4.78, 5) is 25.2. The van der Waals surface area contributed by atoms with Gasteiger partial charge >= 0.3 is 12.0 Å². The number of carbonyl (C=O) groups excluding carboxylic acids is 1. The van der Waals surface area contributed by atoms with E-state index in [0.29, 0.717) is 19.5 Å². The van der Waals surface area contributed by atoms with Gasteiger partial charge in [-0.1, -0.05) is 30.3 Å². The third kappa shape index (κ3) is 4.04. The van der Waals surface area contributed by atoms with Crippen LogP contribution in [0.4, 0.5) is 4.79 Å². The van der Waals surface area contributed by atoms with Crippen LogP contribution in [-0.4, -0.2) is 44.9 Å². The Bertz CT molecular complexity index is 774. The highest BCUT2D eigenvalue weighted by atomic mass is 16.4. The molecule has 0 radical (unpaired) electrons. The van der Waals surface area contributed by atoms with Gasteiger partial charge in [0.25, 0.3) is 0 Å². The number of likely N-dealkylation sites (tertiary alicyclic amines) is 1. The highest BCUT2D eigenvalue weighted by Crippen LogP contribution is 2.29. The lowest BCUT2D eigenvalue weighted by Crippen LogP contribution is -2.40. The summed E-state index contributed by atoms with van der Waals surface area (Å²) in [5.41, 5.74) is 1.31. The van der Waals surface area contributed by atoms with Crippen molar-refractivity contribution in [1.29, 1.82) is 0 Å². The second-order valence-corrected chi connectivity index (χ2v) is 6.98. The summed E-state index contributed by atoms with van der Waals surface area (Å²) in [5.74, 6) is -0.855. The van der Waals surface area contributed by atoms with Gasteiger partial charge in [-0.15, -0.1) is 0 Å². The van der Waals surface area contributed by atoms with Gasteiger partial charge in [0.15, 0.2) is 0 Å². The predicted octanol–water partition coefficient (Wildman–Crippen LogP) is 2.13. The Kier molecular flexibility index (Phi) is 5.25. The summed E-state index contributed by atoms with van der Waals surface area (Å²) in [7, 11) is 0. The molecule has 3 rings (SSSR count). The molecule has 7 nitrogen and oxygen atoms in total. The second kappa shape index (κ2) is 7.59. The normalized spacial score (nSPS) is 19.5. The van der Waals surface area contributed by atoms with E-state index in [-0.39, 0.29) is 12.6 Å². The molecular formula is C19H24N4O3. The Labute approximate surface area is 152 Å². The average molecular weight is 356 g/mol. The number of aryl methyl sites for hydroxylation is 2. The Morgan fingerprint density at radius 2 is 2.04 bits per heavy atom. The average Bonchev–Trinajstić information content (AvgIpc) is 3.26. The smallest absolute Gasteiger partial charge is 0.317 e. The lowest BCUT2D eigenvalue weighted by Gasteiger charge is -2.20. The summed E-state index contributed by atoms with van der Waals surface area (Å²) in [6, 6.07) is 11.8. The Morgan fingerprint density at radius 1 is 1.27 bits per heavy atom. The van der Waals surface area contributed by atoms with Crippen LogP contribution in [0.1, 0.15) is 24.6 Å². The molecule has 1 fully saturated rings. The molecule has 0 saturated carbocycles. The van der Waals surface area contributed by atoms with Crippen molar-refractivity contribution in [3.63, 3.8) is 0 Å². The second-order valence-electron chi connectivity index (χ2n) is 6.98. The maximum Gasteiger partial charge on any atom is 0.317 e. The molecule has 0 bridgehead atoms. The van der Waals surface area contributed by atoms with Crippen molar-refractivity contribution in [2.45, 2.75) is 32.9 Å². The third-order valence-electron chi connectivity index (χ3n) is 4.96. The molecule has 2 N–H and O–H groups in total. The molecule has 2 amide bonds. The molecule has 1 atom stereocenters. The number of benzene rings is 1. The van der Waals surface area contributed by atoms with Crippen LogP contribution in [0.5, 0.6) is 0 Å². The van der Waals surface area contributed by atoms with Crippen molar-refractivity contribution in [3.05, 3.63) is 53.9 Å². The number of aromatic nitrogens is 2. The highest BCUT2D eigenvalue weighted by Gasteiger charge is 2.42. The summed E-state index contributed by atoms with van der Waals surface area (Å²) in [6.45, 7) is 3.49. The van der Waals surface area contributed by atoms with E-state index in [9.17, 15) is 14.7 Å². The van der Waals surface area contributed by atoms with Gasteiger partial charge < -0.3 is 15.3 Å². The molecule has 26 heavy (non-hydrogen) atoms. The zero-order valence-corrected chi connectivity index (χ0v) is 14.9. The van der Waals surface area contributed by atoms with E-state index < -0.39 is 11.4 Å². The molecule has 7 heteroatoms. The SMILES string of the molecule is CC1(C(=O)O)CCN(C(=O)NCc2ccnn2CCc2ccccc2)C1. The number of rotatable bonds is 6. The fourth-order valence-electron chi connectivity index (χ4n) is 3.18. The maximum absolute atomic E-state index is 12.3. The molecule has 1 aliphatic heterocycles. The number of urea groups is 1. The number of hydrogen-bond acceptors (Lipinski definition) is 3. The van der Waals surface area contributed by atoms with Crippen molar-refractivity contribution in [2.24, 2.45) is 5.41 Å². The molecule has 1 aromatic heterocycles. The lowest BCUT2D eigenvalue weighted by atomic mass is 9.90. The molecular weight excluding hydrogens is 332 g/mol. The molecule has 0 spiro atoms. The van der Waals surface area contributed by atoms with E-state index >= 15 is 0 Å². The van der Waals surface area contributed by atoms with Gasteiger partial charge in [-0.2, -0.15) is 5.10 Å². The summed E-state index contributed by atoms with van der Waals surface area (Å²) < 4.78 is 1.89. The van der Waals surface area contributed by atoms with Gasteiger partial charge in [0, 0.05) is 25.8 Å². The minimum Gasteiger partial charge on any atom is -0.481 e. The molecule has 2 heterocycles. The fourth-order valence-corrected chi connectivity index (χ4v) is 3.18. The number of nitrogens with one attached hydrogen (secondary N) is 1. The number of aliphatic carboxylic acids is 1. The highest BCUT2D eigenvalue weighted by molar-refractivity contribution is 5.79. The van der Waals surface area contributed by atoms with Crippen LogP contribution in [0.15, 0.2) is 42.6 Å². The topological polar surface area (TPSA) is 87.5 Å². The van der Waals surface area contributed by atoms with Crippen LogP contribution < -0.4 is 5.32 Å². The first-order valence-corrected chi connectivity index (χ1v) is 8.79. The molecule has 2 aromatic rings. The standard InChI is InChI=1S/C19H24N4O3/c1-19(17(24)25)9-12-22(14-19)18(26)20-13-16-7-10-21-23(16)11-8-15-5-3-2-4-6-15/h2-7,10H,8-9,11-14H2,1H3,(H,20,26)(H,24,25). The van der Waals surface area contributed by atoms with Crippen molar-refractivity contribution in [2.75, 3.05) is 13.1 Å². The minimum absolute atomic E-state index is 0.231. The van der Waals surface area contributed by atoms with Gasteiger partial charge in [0.1, 0.15) is 0 Å². The summed E-state index contributed by atoms with van der Waals surface area (Å²) >= 11 is 0. The minimum atomic E-state index is -0.855. The Balaban J connectivity index is 1.52. The monoisotopic (exact) mass is 356 g/mol. The molecule has 1 unspecified atom stereocenters. The van der Waals surface area contributed by atoms with Crippen LogP contribution in [0.2, 0.25) is 0 Å². The number of carboxylic acids is 1. The van der Waals surface area contributed by atoms with Crippen LogP contribution >= 0.6 is 0 Å². The summed E-state index contributed by atoms with van der Waals surface area (Å²) in [5, 5.41) is 16.5. The van der Waals surface area contributed by atoms with E-state index in [2.05, 4.69) is 22.5 Å². The lowest BCUT2D eigenvalue weighted by molar-refractivity contribution is -0.147. The van der Waals surface area contributed by atoms with Gasteiger partial charge in [-0.05, 0) is 31.4 Å². The number of hydrogen-bond donors (Lipinski definition) is 2. The molecule has 1 saturated heterocycles. The fraction of sp³-hybridized carbons (Fsp3) is 0.421. The first-order chi connectivity index (χ1) is 12.5. The van der Waals surface area contributed by atoms with Crippen LogP contribution in [0.25, 0.3) is 0 Å². The van der Waals surface area contributed by atoms with E-state index in [0.717, 1.165) is 18.7 Å². The van der Waals surface area contributed by atoms with Gasteiger partial charge in [-0.3, -0.25) is 9.48 Å². The predicted molar refractivity (Wildman–Crippen MR) is 96.5 cm³/mol. The zero-order chi connectivity index (χ0) is 18.6. The molecule has 0 aliphatic carbocycles. The van der Waals surface area contributed by atoms with Crippen molar-refractivity contribution in [1.82, 2.24) is 20.0 Å². The van der Waals surface area contributed by atoms with Gasteiger partial charge in [-0.25, -0.2) is 4.79 Å². The quantitative estimate of drug-likeness (QED) is 0.830. The largest absolute Gasteiger partial charge is 0.481 e. The number of nitrogens with zero attached hydrogens (tertiary/aromatic N) is 3. The Hall–Kier alpha value is -2.83. The van der Waals surface area contributed by atoms with E-state index in [4.69, 9.17) is 0 Å². The molecule has 1 aliphatic rings. The van der Waals surface area contributed by atoms with Gasteiger partial charge in [0.05, 0.1) is 17.7 Å². The van der Waals surface area contributed by atoms with Crippen LogP contribution in [0.3, 0.4) is 0 Å². The van der Waals surface area contributed by atoms with E-state index in [1.165, 1.54) is 5.56 Å². The van der Waals surface area contributed by atoms with Crippen molar-refractivity contribution < 1.29 is 14.7 Å². The van der Waals surface area contributed by atoms with E-state index in [1.54, 1.807) is 18.0 Å². The number of carboxylic acid groups (broad SMARTS) is 1. The first kappa shape index (κ1) is 18.0. The van der Waals surface area contributed by atoms with Gasteiger partial charge in [0.2, 0.25) is 0 Å². The first-order valence-electron chi connectivity index (χ1n) is 8.79. The molecule has 138 valence electrons. The zero-order valence-electron chi connectivity index (χ0n) is 14.9. The summed E-state index contributed by atoms with van der Waals surface area (Å²) in [6.07, 6.45) is 3.07. The van der Waals surface area contributed by atoms with Crippen LogP contribution in [0, 0.1) is 5.41 Å². The maximum atomic E-state index is 12.3.